The number of piperidine rings is 1. The van der Waals surface area contributed by atoms with E-state index < -0.39 is 0 Å². The van der Waals surface area contributed by atoms with Crippen LogP contribution in [-0.4, -0.2) is 23.3 Å². The fourth-order valence-corrected chi connectivity index (χ4v) is 3.02. The van der Waals surface area contributed by atoms with Crippen LogP contribution in [0.2, 0.25) is 0 Å². The molecular formula is C13H19NO2. The second-order valence-electron chi connectivity index (χ2n) is 5.10. The summed E-state index contributed by atoms with van der Waals surface area (Å²) in [6.45, 7) is 3.95. The number of likely N-dealkylation sites (tertiary alicyclic amines) is 1. The predicted octanol–water partition coefficient (Wildman–Crippen LogP) is 2.27. The smallest absolute Gasteiger partial charge is 0.230 e. The number of carbonyl (C=O) groups is 2. The maximum atomic E-state index is 11.9. The molecule has 0 N–H and O–H groups in total. The first kappa shape index (κ1) is 11.4. The zero-order chi connectivity index (χ0) is 11.6. The first-order chi connectivity index (χ1) is 7.67. The third kappa shape index (κ3) is 2.04. The van der Waals surface area contributed by atoms with Crippen molar-refractivity contribution >= 4 is 11.8 Å². The Kier molecular flexibility index (Phi) is 3.13. The van der Waals surface area contributed by atoms with Crippen molar-refractivity contribution in [3.05, 3.63) is 12.7 Å². The van der Waals surface area contributed by atoms with Gasteiger partial charge >= 0.3 is 0 Å². The number of carbonyl (C=O) groups excluding carboxylic acids is 2. The van der Waals surface area contributed by atoms with Crippen LogP contribution in [0.5, 0.6) is 0 Å². The third-order valence-corrected chi connectivity index (χ3v) is 3.88. The van der Waals surface area contributed by atoms with Crippen molar-refractivity contribution in [2.75, 3.05) is 6.54 Å². The fraction of sp³-hybridized carbons (Fsp3) is 0.692. The Morgan fingerprint density at radius 1 is 1.12 bits per heavy atom. The van der Waals surface area contributed by atoms with Gasteiger partial charge in [-0.2, -0.15) is 0 Å². The zero-order valence-electron chi connectivity index (χ0n) is 9.71. The van der Waals surface area contributed by atoms with Gasteiger partial charge < -0.3 is 0 Å². The van der Waals surface area contributed by atoms with E-state index in [0.29, 0.717) is 19.4 Å². The van der Waals surface area contributed by atoms with E-state index in [1.807, 2.05) is 0 Å². The quantitative estimate of drug-likeness (QED) is 0.530. The Morgan fingerprint density at radius 3 is 2.19 bits per heavy atom. The van der Waals surface area contributed by atoms with E-state index in [1.165, 1.54) is 24.2 Å². The molecule has 0 aromatic carbocycles. The van der Waals surface area contributed by atoms with Crippen molar-refractivity contribution in [3.8, 4) is 0 Å². The van der Waals surface area contributed by atoms with Crippen molar-refractivity contribution in [2.24, 2.45) is 5.41 Å². The van der Waals surface area contributed by atoms with E-state index in [4.69, 9.17) is 0 Å². The molecule has 1 saturated heterocycles. The molecule has 1 aliphatic carbocycles. The van der Waals surface area contributed by atoms with Gasteiger partial charge in [-0.25, -0.2) is 0 Å². The summed E-state index contributed by atoms with van der Waals surface area (Å²) in [5.74, 6) is -0.00361. The average molecular weight is 221 g/mol. The molecule has 2 amide bonds. The van der Waals surface area contributed by atoms with Gasteiger partial charge in [0.1, 0.15) is 0 Å². The van der Waals surface area contributed by atoms with Crippen LogP contribution in [0, 0.1) is 5.41 Å². The van der Waals surface area contributed by atoms with Crippen LogP contribution in [0.25, 0.3) is 0 Å². The highest BCUT2D eigenvalue weighted by Gasteiger charge is 2.43. The van der Waals surface area contributed by atoms with Crippen LogP contribution in [0.1, 0.15) is 44.9 Å². The van der Waals surface area contributed by atoms with Crippen molar-refractivity contribution in [2.45, 2.75) is 44.9 Å². The zero-order valence-corrected chi connectivity index (χ0v) is 9.71. The highest BCUT2D eigenvalue weighted by molar-refractivity contribution is 5.98. The minimum Gasteiger partial charge on any atom is -0.279 e. The highest BCUT2D eigenvalue weighted by atomic mass is 16.2. The molecule has 2 rings (SSSR count). The molecule has 3 nitrogen and oxygen atoms in total. The van der Waals surface area contributed by atoms with Gasteiger partial charge in [-0.15, -0.1) is 6.58 Å². The van der Waals surface area contributed by atoms with Crippen LogP contribution in [-0.2, 0) is 9.59 Å². The Morgan fingerprint density at radius 2 is 1.69 bits per heavy atom. The van der Waals surface area contributed by atoms with Crippen molar-refractivity contribution in [3.63, 3.8) is 0 Å². The van der Waals surface area contributed by atoms with Gasteiger partial charge in [0, 0.05) is 19.4 Å². The van der Waals surface area contributed by atoms with Crippen LogP contribution in [0.4, 0.5) is 0 Å². The van der Waals surface area contributed by atoms with Crippen LogP contribution >= 0.6 is 0 Å². The molecule has 0 atom stereocenters. The number of amides is 2. The molecule has 0 aromatic heterocycles. The largest absolute Gasteiger partial charge is 0.279 e. The summed E-state index contributed by atoms with van der Waals surface area (Å²) in [6.07, 6.45) is 8.43. The third-order valence-electron chi connectivity index (χ3n) is 3.88. The summed E-state index contributed by atoms with van der Waals surface area (Å²) >= 11 is 0. The summed E-state index contributed by atoms with van der Waals surface area (Å²) < 4.78 is 0. The molecule has 2 fully saturated rings. The van der Waals surface area contributed by atoms with Gasteiger partial charge in [-0.1, -0.05) is 25.3 Å². The van der Waals surface area contributed by atoms with Gasteiger partial charge in [0.05, 0.1) is 0 Å². The Labute approximate surface area is 96.5 Å². The molecule has 1 saturated carbocycles. The molecule has 3 heteroatoms. The minimum absolute atomic E-state index is 0.00181. The molecule has 1 heterocycles. The molecule has 16 heavy (non-hydrogen) atoms. The number of imide groups is 1. The Hall–Kier alpha value is -1.12. The first-order valence-corrected chi connectivity index (χ1v) is 6.11. The summed E-state index contributed by atoms with van der Waals surface area (Å²) in [5, 5.41) is 0. The Bertz CT molecular complexity index is 296. The lowest BCUT2D eigenvalue weighted by Gasteiger charge is -2.42. The Balaban J connectivity index is 2.10. The summed E-state index contributed by atoms with van der Waals surface area (Å²) in [5.41, 5.74) is 0.00405. The standard InChI is InChI=1S/C13H19NO2/c1-2-8-14-11(15)9-13(10-12(14)16)6-4-3-5-7-13/h2H,1,3-10H2. The molecule has 1 spiro atoms. The summed E-state index contributed by atoms with van der Waals surface area (Å²) in [6, 6.07) is 0. The lowest BCUT2D eigenvalue weighted by molar-refractivity contribution is -0.153. The SMILES string of the molecule is C=CCN1C(=O)CC2(CCCCC2)CC1=O. The van der Waals surface area contributed by atoms with Gasteiger partial charge in [0.25, 0.3) is 0 Å². The van der Waals surface area contributed by atoms with E-state index in [9.17, 15) is 9.59 Å². The number of hydrogen-bond acceptors (Lipinski definition) is 2. The summed E-state index contributed by atoms with van der Waals surface area (Å²) in [7, 11) is 0. The number of rotatable bonds is 2. The molecule has 2 aliphatic rings. The molecule has 88 valence electrons. The second-order valence-corrected chi connectivity index (χ2v) is 5.10. The van der Waals surface area contributed by atoms with Crippen molar-refractivity contribution in [1.29, 1.82) is 0 Å². The van der Waals surface area contributed by atoms with E-state index in [1.54, 1.807) is 6.08 Å². The van der Waals surface area contributed by atoms with Crippen molar-refractivity contribution in [1.82, 2.24) is 4.90 Å². The van der Waals surface area contributed by atoms with Gasteiger partial charge in [0.2, 0.25) is 11.8 Å². The minimum atomic E-state index is -0.00181. The molecule has 0 radical (unpaired) electrons. The highest BCUT2D eigenvalue weighted by Crippen LogP contribution is 2.45. The van der Waals surface area contributed by atoms with Crippen LogP contribution < -0.4 is 0 Å². The predicted molar refractivity (Wildman–Crippen MR) is 61.7 cm³/mol. The van der Waals surface area contributed by atoms with Crippen LogP contribution in [0.15, 0.2) is 12.7 Å². The van der Waals surface area contributed by atoms with Crippen molar-refractivity contribution < 1.29 is 9.59 Å². The van der Waals surface area contributed by atoms with Gasteiger partial charge in [-0.05, 0) is 18.3 Å². The first-order valence-electron chi connectivity index (χ1n) is 6.11. The van der Waals surface area contributed by atoms with Gasteiger partial charge in [0.15, 0.2) is 0 Å². The van der Waals surface area contributed by atoms with E-state index in [2.05, 4.69) is 6.58 Å². The van der Waals surface area contributed by atoms with Crippen LogP contribution in [0.3, 0.4) is 0 Å². The molecule has 1 aliphatic heterocycles. The maximum Gasteiger partial charge on any atom is 0.230 e. The topological polar surface area (TPSA) is 37.4 Å². The molecule has 0 bridgehead atoms. The normalized spacial score (nSPS) is 24.9. The maximum absolute atomic E-state index is 11.9. The number of hydrogen-bond donors (Lipinski definition) is 0. The fourth-order valence-electron chi connectivity index (χ4n) is 3.02. The van der Waals surface area contributed by atoms with Gasteiger partial charge in [-0.3, -0.25) is 14.5 Å². The average Bonchev–Trinajstić information content (AvgIpc) is 2.24. The van der Waals surface area contributed by atoms with E-state index >= 15 is 0 Å². The summed E-state index contributed by atoms with van der Waals surface area (Å²) in [4.78, 5) is 25.2. The lowest BCUT2D eigenvalue weighted by Crippen LogP contribution is -2.48. The molecule has 0 unspecified atom stereocenters. The molecule has 0 aromatic rings. The second kappa shape index (κ2) is 4.40. The molecular weight excluding hydrogens is 202 g/mol. The number of nitrogens with zero attached hydrogens (tertiary/aromatic N) is 1. The lowest BCUT2D eigenvalue weighted by atomic mass is 9.67. The monoisotopic (exact) mass is 221 g/mol. The van der Waals surface area contributed by atoms with E-state index in [0.717, 1.165) is 12.8 Å². The van der Waals surface area contributed by atoms with E-state index in [-0.39, 0.29) is 17.2 Å².